The standard InChI is InChI=1S/C11H18N2O3/c14-9(7-13-3-1-2-4-13)8-5-10(15)12-11(16)6-8/h8-9,14H,1-7H2,(H,12,15,16). The van der Waals surface area contributed by atoms with Crippen molar-refractivity contribution in [1.82, 2.24) is 10.2 Å². The van der Waals surface area contributed by atoms with Gasteiger partial charge in [-0.3, -0.25) is 14.9 Å². The molecule has 5 nitrogen and oxygen atoms in total. The zero-order valence-electron chi connectivity index (χ0n) is 9.32. The van der Waals surface area contributed by atoms with Gasteiger partial charge in [0.25, 0.3) is 0 Å². The molecule has 0 spiro atoms. The first-order chi connectivity index (χ1) is 7.65. The molecule has 2 fully saturated rings. The smallest absolute Gasteiger partial charge is 0.226 e. The average molecular weight is 226 g/mol. The van der Waals surface area contributed by atoms with E-state index in [0.29, 0.717) is 6.54 Å². The zero-order valence-corrected chi connectivity index (χ0v) is 9.32. The van der Waals surface area contributed by atoms with E-state index < -0.39 is 6.10 Å². The quantitative estimate of drug-likeness (QED) is 0.636. The Bertz CT molecular complexity index is 271. The first-order valence-electron chi connectivity index (χ1n) is 5.88. The maximum Gasteiger partial charge on any atom is 0.226 e. The SMILES string of the molecule is O=C1CC(C(O)CN2CCCC2)CC(=O)N1. The Morgan fingerprint density at radius 2 is 1.81 bits per heavy atom. The van der Waals surface area contributed by atoms with Crippen molar-refractivity contribution in [3.63, 3.8) is 0 Å². The first kappa shape index (κ1) is 11.5. The molecule has 0 saturated carbocycles. The highest BCUT2D eigenvalue weighted by molar-refractivity contribution is 5.97. The number of amides is 2. The van der Waals surface area contributed by atoms with Crippen LogP contribution in [0.2, 0.25) is 0 Å². The van der Waals surface area contributed by atoms with Gasteiger partial charge in [0, 0.05) is 25.3 Å². The van der Waals surface area contributed by atoms with Crippen LogP contribution in [0.5, 0.6) is 0 Å². The molecule has 0 radical (unpaired) electrons. The maximum atomic E-state index is 11.2. The number of rotatable bonds is 3. The molecule has 2 heterocycles. The van der Waals surface area contributed by atoms with Crippen molar-refractivity contribution in [2.24, 2.45) is 5.92 Å². The third-order valence-electron chi connectivity index (χ3n) is 3.36. The number of aliphatic hydroxyl groups is 1. The number of β-amino-alcohol motifs (C(OH)–C–C–N with tert-alkyl or cyclic N) is 1. The fourth-order valence-electron chi connectivity index (χ4n) is 2.46. The molecule has 0 aromatic heterocycles. The van der Waals surface area contributed by atoms with Gasteiger partial charge in [-0.25, -0.2) is 0 Å². The van der Waals surface area contributed by atoms with Crippen LogP contribution < -0.4 is 5.32 Å². The minimum Gasteiger partial charge on any atom is -0.391 e. The van der Waals surface area contributed by atoms with Crippen molar-refractivity contribution < 1.29 is 14.7 Å². The van der Waals surface area contributed by atoms with Crippen LogP contribution in [-0.4, -0.2) is 47.6 Å². The minimum absolute atomic E-state index is 0.207. The summed E-state index contributed by atoms with van der Waals surface area (Å²) in [5, 5.41) is 12.3. The Morgan fingerprint density at radius 1 is 1.25 bits per heavy atom. The van der Waals surface area contributed by atoms with Crippen molar-refractivity contribution in [2.45, 2.75) is 31.8 Å². The van der Waals surface area contributed by atoms with Crippen LogP contribution in [0, 0.1) is 5.92 Å². The van der Waals surface area contributed by atoms with Gasteiger partial charge in [-0.1, -0.05) is 0 Å². The molecule has 2 amide bonds. The number of hydrogen-bond acceptors (Lipinski definition) is 4. The molecule has 2 saturated heterocycles. The number of nitrogens with one attached hydrogen (secondary N) is 1. The number of piperidine rings is 1. The van der Waals surface area contributed by atoms with Crippen molar-refractivity contribution in [3.05, 3.63) is 0 Å². The van der Waals surface area contributed by atoms with Crippen LogP contribution >= 0.6 is 0 Å². The van der Waals surface area contributed by atoms with Crippen LogP contribution in [0.15, 0.2) is 0 Å². The predicted molar refractivity (Wildman–Crippen MR) is 57.6 cm³/mol. The Balaban J connectivity index is 1.85. The Morgan fingerprint density at radius 3 is 2.38 bits per heavy atom. The molecule has 2 aliphatic rings. The lowest BCUT2D eigenvalue weighted by Gasteiger charge is -2.28. The number of nitrogens with zero attached hydrogens (tertiary/aromatic N) is 1. The van der Waals surface area contributed by atoms with Crippen molar-refractivity contribution in [3.8, 4) is 0 Å². The van der Waals surface area contributed by atoms with E-state index in [9.17, 15) is 14.7 Å². The van der Waals surface area contributed by atoms with Gasteiger partial charge in [0.1, 0.15) is 0 Å². The van der Waals surface area contributed by atoms with Gasteiger partial charge >= 0.3 is 0 Å². The lowest BCUT2D eigenvalue weighted by atomic mass is 9.91. The summed E-state index contributed by atoms with van der Waals surface area (Å²) in [6, 6.07) is 0. The van der Waals surface area contributed by atoms with Crippen molar-refractivity contribution in [2.75, 3.05) is 19.6 Å². The van der Waals surface area contributed by atoms with Crippen LogP contribution in [0.25, 0.3) is 0 Å². The largest absolute Gasteiger partial charge is 0.391 e. The third-order valence-corrected chi connectivity index (χ3v) is 3.36. The van der Waals surface area contributed by atoms with E-state index in [-0.39, 0.29) is 30.6 Å². The second kappa shape index (κ2) is 4.93. The lowest BCUT2D eigenvalue weighted by molar-refractivity contribution is -0.137. The maximum absolute atomic E-state index is 11.2. The van der Waals surface area contributed by atoms with Gasteiger partial charge in [-0.15, -0.1) is 0 Å². The molecule has 90 valence electrons. The molecule has 16 heavy (non-hydrogen) atoms. The number of carbonyl (C=O) groups is 2. The number of imide groups is 1. The molecule has 0 aliphatic carbocycles. The fourth-order valence-corrected chi connectivity index (χ4v) is 2.46. The topological polar surface area (TPSA) is 69.6 Å². The second-order valence-corrected chi connectivity index (χ2v) is 4.71. The summed E-state index contributed by atoms with van der Waals surface area (Å²) >= 11 is 0. The molecule has 2 aliphatic heterocycles. The summed E-state index contributed by atoms with van der Waals surface area (Å²) in [4.78, 5) is 24.5. The molecule has 1 atom stereocenters. The Hall–Kier alpha value is -0.940. The van der Waals surface area contributed by atoms with Crippen molar-refractivity contribution >= 4 is 11.8 Å². The number of hydrogen-bond donors (Lipinski definition) is 2. The second-order valence-electron chi connectivity index (χ2n) is 4.71. The minimum atomic E-state index is -0.562. The molecule has 2 rings (SSSR count). The van der Waals surface area contributed by atoms with Crippen LogP contribution in [-0.2, 0) is 9.59 Å². The number of likely N-dealkylation sites (tertiary alicyclic amines) is 1. The number of aliphatic hydroxyl groups excluding tert-OH is 1. The van der Waals surface area contributed by atoms with Crippen LogP contribution in [0.4, 0.5) is 0 Å². The summed E-state index contributed by atoms with van der Waals surface area (Å²) in [6.07, 6.45) is 2.32. The van der Waals surface area contributed by atoms with E-state index >= 15 is 0 Å². The number of carbonyl (C=O) groups excluding carboxylic acids is 2. The highest BCUT2D eigenvalue weighted by atomic mass is 16.3. The first-order valence-corrected chi connectivity index (χ1v) is 5.88. The predicted octanol–water partition coefficient (Wildman–Crippen LogP) is -0.504. The van der Waals surface area contributed by atoms with Gasteiger partial charge in [0.05, 0.1) is 6.10 Å². The molecule has 0 bridgehead atoms. The van der Waals surface area contributed by atoms with Crippen LogP contribution in [0.3, 0.4) is 0 Å². The van der Waals surface area contributed by atoms with E-state index in [2.05, 4.69) is 10.2 Å². The molecule has 5 heteroatoms. The molecular weight excluding hydrogens is 208 g/mol. The van der Waals surface area contributed by atoms with Gasteiger partial charge in [0.15, 0.2) is 0 Å². The van der Waals surface area contributed by atoms with Gasteiger partial charge in [0.2, 0.25) is 11.8 Å². The van der Waals surface area contributed by atoms with Crippen LogP contribution in [0.1, 0.15) is 25.7 Å². The molecule has 1 unspecified atom stereocenters. The Labute approximate surface area is 94.8 Å². The molecule has 0 aromatic rings. The van der Waals surface area contributed by atoms with E-state index in [1.807, 2.05) is 0 Å². The summed E-state index contributed by atoms with van der Waals surface area (Å²) in [6.45, 7) is 2.62. The molecular formula is C11H18N2O3. The zero-order chi connectivity index (χ0) is 11.5. The van der Waals surface area contributed by atoms with Crippen molar-refractivity contribution in [1.29, 1.82) is 0 Å². The summed E-state index contributed by atoms with van der Waals surface area (Å²) in [7, 11) is 0. The monoisotopic (exact) mass is 226 g/mol. The highest BCUT2D eigenvalue weighted by Crippen LogP contribution is 2.20. The van der Waals surface area contributed by atoms with Gasteiger partial charge in [-0.2, -0.15) is 0 Å². The van der Waals surface area contributed by atoms with E-state index in [4.69, 9.17) is 0 Å². The van der Waals surface area contributed by atoms with E-state index in [1.165, 1.54) is 12.8 Å². The average Bonchev–Trinajstić information content (AvgIpc) is 2.68. The summed E-state index contributed by atoms with van der Waals surface area (Å²) in [5.74, 6) is -0.731. The van der Waals surface area contributed by atoms with Gasteiger partial charge < -0.3 is 10.0 Å². The molecule has 2 N–H and O–H groups in total. The fraction of sp³-hybridized carbons (Fsp3) is 0.818. The van der Waals surface area contributed by atoms with Gasteiger partial charge in [-0.05, 0) is 25.9 Å². The summed E-state index contributed by atoms with van der Waals surface area (Å²) in [5.41, 5.74) is 0. The van der Waals surface area contributed by atoms with E-state index in [0.717, 1.165) is 13.1 Å². The highest BCUT2D eigenvalue weighted by Gasteiger charge is 2.31. The lowest BCUT2D eigenvalue weighted by Crippen LogP contribution is -2.45. The summed E-state index contributed by atoms with van der Waals surface area (Å²) < 4.78 is 0. The Kier molecular flexibility index (Phi) is 3.56. The normalized spacial score (nSPS) is 25.8. The third kappa shape index (κ3) is 2.80. The molecule has 0 aromatic carbocycles. The van der Waals surface area contributed by atoms with E-state index in [1.54, 1.807) is 0 Å².